The van der Waals surface area contributed by atoms with E-state index >= 15 is 0 Å². The second kappa shape index (κ2) is 17.2. The summed E-state index contributed by atoms with van der Waals surface area (Å²) in [6.07, 6.45) is 1.36. The Morgan fingerprint density at radius 1 is 1.14 bits per heavy atom. The van der Waals surface area contributed by atoms with Gasteiger partial charge < -0.3 is 39.4 Å². The molecule has 14 nitrogen and oxygen atoms in total. The van der Waals surface area contributed by atoms with Gasteiger partial charge in [-0.2, -0.15) is 4.31 Å². The number of hydrogen-bond acceptors (Lipinski definition) is 10. The van der Waals surface area contributed by atoms with Crippen LogP contribution in [0.25, 0.3) is 0 Å². The summed E-state index contributed by atoms with van der Waals surface area (Å²) in [6.45, 7) is 9.18. The third-order valence-electron chi connectivity index (χ3n) is 8.79. The van der Waals surface area contributed by atoms with Crippen molar-refractivity contribution >= 4 is 33.3 Å². The van der Waals surface area contributed by atoms with Crippen molar-refractivity contribution < 1.29 is 41.8 Å². The maximum Gasteiger partial charge on any atom is 0.323 e. The predicted octanol–water partition coefficient (Wildman–Crippen LogP) is 5.06. The molecule has 0 radical (unpaired) electrons. The molecule has 15 heteroatoms. The van der Waals surface area contributed by atoms with Crippen LogP contribution in [0.4, 0.5) is 16.2 Å². The summed E-state index contributed by atoms with van der Waals surface area (Å²) in [5.74, 6) is 0.563. The van der Waals surface area contributed by atoms with E-state index in [2.05, 4.69) is 15.8 Å². The molecule has 0 fully saturated rings. The van der Waals surface area contributed by atoms with Crippen molar-refractivity contribution in [2.24, 2.45) is 5.92 Å². The average molecular weight is 716 g/mol. The van der Waals surface area contributed by atoms with Crippen molar-refractivity contribution in [3.05, 3.63) is 59.5 Å². The van der Waals surface area contributed by atoms with Crippen LogP contribution in [0.1, 0.15) is 61.8 Å². The highest BCUT2D eigenvalue weighted by molar-refractivity contribution is 7.89. The summed E-state index contributed by atoms with van der Waals surface area (Å²) in [5.41, 5.74) is 1.52. The fourth-order valence-corrected chi connectivity index (χ4v) is 6.86. The number of aryl methyl sites for hydroxylation is 2. The molecule has 0 bridgehead atoms. The molecule has 0 saturated carbocycles. The van der Waals surface area contributed by atoms with Crippen molar-refractivity contribution in [2.45, 2.75) is 77.0 Å². The number of aromatic nitrogens is 1. The number of carbonyl (C=O) groups is 2. The van der Waals surface area contributed by atoms with E-state index in [9.17, 15) is 23.1 Å². The van der Waals surface area contributed by atoms with Crippen LogP contribution >= 0.6 is 0 Å². The number of aliphatic hydroxyl groups excluding tert-OH is 1. The number of ether oxygens (including phenoxy) is 3. The van der Waals surface area contributed by atoms with Gasteiger partial charge in [-0.05, 0) is 89.4 Å². The first-order valence-electron chi connectivity index (χ1n) is 16.7. The lowest BCUT2D eigenvalue weighted by molar-refractivity contribution is -0.00834. The number of urea groups is 1. The van der Waals surface area contributed by atoms with Crippen LogP contribution in [-0.4, -0.2) is 98.5 Å². The standard InChI is InChI=1S/C35H49N5O9S/c1-22-19-40(23(2)21-41)34(42)30-18-27(36-35(43)37-33-25(4)38-49-26(33)5)11-16-31(30)48-24(3)10-8-9-17-47-32(22)20-39(6)50(44,45)29-14-12-28(46-7)13-15-29/h11-16,18,22-24,32,41H,8-10,17,19-21H2,1-7H3,(H2,36,37,43)/t22-,23-,24-,32-/m0/s1. The first-order chi connectivity index (χ1) is 23.7. The van der Waals surface area contributed by atoms with E-state index in [1.54, 1.807) is 51.1 Å². The summed E-state index contributed by atoms with van der Waals surface area (Å²) in [4.78, 5) is 29.0. The maximum absolute atomic E-state index is 14.4. The molecule has 1 aliphatic heterocycles. The van der Waals surface area contributed by atoms with E-state index in [-0.39, 0.29) is 42.2 Å². The second-order valence-corrected chi connectivity index (χ2v) is 14.8. The Bertz CT molecular complexity index is 1690. The molecule has 0 saturated heterocycles. The number of nitrogens with zero attached hydrogens (tertiary/aromatic N) is 3. The van der Waals surface area contributed by atoms with Crippen LogP contribution in [0, 0.1) is 19.8 Å². The zero-order valence-electron chi connectivity index (χ0n) is 29.8. The highest BCUT2D eigenvalue weighted by atomic mass is 32.2. The second-order valence-electron chi connectivity index (χ2n) is 12.8. The third kappa shape index (κ3) is 9.53. The van der Waals surface area contributed by atoms with Crippen LogP contribution in [-0.2, 0) is 14.8 Å². The fourth-order valence-electron chi connectivity index (χ4n) is 5.68. The molecule has 3 aromatic rings. The highest BCUT2D eigenvalue weighted by Crippen LogP contribution is 2.29. The normalized spacial score (nSPS) is 20.0. The Balaban J connectivity index is 1.62. The smallest absolute Gasteiger partial charge is 0.323 e. The molecule has 4 rings (SSSR count). The molecule has 274 valence electrons. The van der Waals surface area contributed by atoms with Gasteiger partial charge in [0.2, 0.25) is 10.0 Å². The van der Waals surface area contributed by atoms with E-state index in [1.807, 2.05) is 13.8 Å². The monoisotopic (exact) mass is 715 g/mol. The minimum absolute atomic E-state index is 0.0372. The van der Waals surface area contributed by atoms with Gasteiger partial charge >= 0.3 is 6.03 Å². The van der Waals surface area contributed by atoms with Gasteiger partial charge in [-0.1, -0.05) is 12.1 Å². The molecule has 4 atom stereocenters. The maximum atomic E-state index is 14.4. The van der Waals surface area contributed by atoms with Gasteiger partial charge in [0.1, 0.15) is 22.9 Å². The van der Waals surface area contributed by atoms with Crippen molar-refractivity contribution in [3.8, 4) is 11.5 Å². The van der Waals surface area contributed by atoms with Crippen LogP contribution in [0.3, 0.4) is 0 Å². The molecule has 0 spiro atoms. The molecule has 0 unspecified atom stereocenters. The Kier molecular flexibility index (Phi) is 13.3. The van der Waals surface area contributed by atoms with E-state index in [0.717, 1.165) is 12.8 Å². The average Bonchev–Trinajstić information content (AvgIpc) is 3.41. The molecule has 2 aromatic carbocycles. The number of nitrogens with one attached hydrogen (secondary N) is 2. The summed E-state index contributed by atoms with van der Waals surface area (Å²) in [5, 5.41) is 19.6. The van der Waals surface area contributed by atoms with Gasteiger partial charge in [-0.25, -0.2) is 13.2 Å². The van der Waals surface area contributed by atoms with Crippen LogP contribution < -0.4 is 20.1 Å². The molecule has 3 amide bonds. The SMILES string of the molecule is COc1ccc(S(=O)(=O)N(C)C[C@@H]2OCCCC[C@H](C)Oc3ccc(NC(=O)Nc4c(C)noc4C)cc3C(=O)N([C@@H](C)CO)C[C@@H]2C)cc1. The van der Waals surface area contributed by atoms with Crippen molar-refractivity contribution in [1.29, 1.82) is 0 Å². The fraction of sp³-hybridized carbons (Fsp3) is 0.514. The number of anilines is 2. The van der Waals surface area contributed by atoms with E-state index < -0.39 is 34.1 Å². The van der Waals surface area contributed by atoms with Gasteiger partial charge in [-0.3, -0.25) is 4.79 Å². The number of hydrogen-bond donors (Lipinski definition) is 3. The Morgan fingerprint density at radius 3 is 2.50 bits per heavy atom. The molecule has 2 heterocycles. The van der Waals surface area contributed by atoms with Crippen molar-refractivity contribution in [1.82, 2.24) is 14.4 Å². The van der Waals surface area contributed by atoms with E-state index in [4.69, 9.17) is 18.7 Å². The minimum atomic E-state index is -3.86. The zero-order valence-corrected chi connectivity index (χ0v) is 30.6. The predicted molar refractivity (Wildman–Crippen MR) is 188 cm³/mol. The van der Waals surface area contributed by atoms with E-state index in [1.165, 1.54) is 35.5 Å². The van der Waals surface area contributed by atoms with Gasteiger partial charge in [-0.15, -0.1) is 0 Å². The molecular formula is C35H49N5O9S. The number of amides is 3. The van der Waals surface area contributed by atoms with Gasteiger partial charge in [0.15, 0.2) is 5.76 Å². The molecule has 0 aliphatic carbocycles. The van der Waals surface area contributed by atoms with Crippen LogP contribution in [0.5, 0.6) is 11.5 Å². The lowest BCUT2D eigenvalue weighted by atomic mass is 10.0. The van der Waals surface area contributed by atoms with Crippen LogP contribution in [0.2, 0.25) is 0 Å². The van der Waals surface area contributed by atoms with Gasteiger partial charge in [0, 0.05) is 38.3 Å². The van der Waals surface area contributed by atoms with Crippen molar-refractivity contribution in [3.63, 3.8) is 0 Å². The summed E-state index contributed by atoms with van der Waals surface area (Å²) in [7, 11) is -0.847. The first kappa shape index (κ1) is 38.6. The lowest BCUT2D eigenvalue weighted by Crippen LogP contribution is -2.48. The number of aliphatic hydroxyl groups is 1. The quantitative estimate of drug-likeness (QED) is 0.272. The summed E-state index contributed by atoms with van der Waals surface area (Å²) < 4.78 is 51.2. The Hall–Kier alpha value is -4.18. The topological polar surface area (TPSA) is 173 Å². The zero-order chi connectivity index (χ0) is 36.6. The van der Waals surface area contributed by atoms with E-state index in [0.29, 0.717) is 47.4 Å². The third-order valence-corrected chi connectivity index (χ3v) is 10.6. The Morgan fingerprint density at radius 2 is 1.86 bits per heavy atom. The number of sulfonamides is 1. The number of benzene rings is 2. The van der Waals surface area contributed by atoms with Crippen molar-refractivity contribution in [2.75, 3.05) is 51.1 Å². The lowest BCUT2D eigenvalue weighted by Gasteiger charge is -2.35. The summed E-state index contributed by atoms with van der Waals surface area (Å²) in [6, 6.07) is 9.87. The number of fused-ring (bicyclic) bond motifs is 1. The molecular weight excluding hydrogens is 666 g/mol. The van der Waals surface area contributed by atoms with Crippen LogP contribution in [0.15, 0.2) is 51.9 Å². The number of likely N-dealkylation sites (N-methyl/N-ethyl adjacent to an activating group) is 1. The largest absolute Gasteiger partial charge is 0.497 e. The number of carbonyl (C=O) groups excluding carboxylic acids is 2. The Labute approximate surface area is 294 Å². The number of rotatable bonds is 9. The summed E-state index contributed by atoms with van der Waals surface area (Å²) >= 11 is 0. The molecule has 50 heavy (non-hydrogen) atoms. The number of methoxy groups -OCH3 is 1. The van der Waals surface area contributed by atoms with Gasteiger partial charge in [0.25, 0.3) is 5.91 Å². The molecule has 1 aromatic heterocycles. The highest BCUT2D eigenvalue weighted by Gasteiger charge is 2.32. The minimum Gasteiger partial charge on any atom is -0.497 e. The molecule has 3 N–H and O–H groups in total. The van der Waals surface area contributed by atoms with Gasteiger partial charge in [0.05, 0.1) is 42.4 Å². The molecule has 1 aliphatic rings. The first-order valence-corrected chi connectivity index (χ1v) is 18.1.